The third kappa shape index (κ3) is 4.02. The molecule has 0 radical (unpaired) electrons. The molecule has 2 aromatic rings. The molecule has 0 aliphatic rings. The van der Waals surface area contributed by atoms with E-state index in [-0.39, 0.29) is 18.4 Å². The van der Waals surface area contributed by atoms with Crippen LogP contribution in [0.25, 0.3) is 0 Å². The fourth-order valence-electron chi connectivity index (χ4n) is 2.54. The van der Waals surface area contributed by atoms with Gasteiger partial charge in [0.05, 0.1) is 6.54 Å². The van der Waals surface area contributed by atoms with Gasteiger partial charge in [-0.15, -0.1) is 0 Å². The summed E-state index contributed by atoms with van der Waals surface area (Å²) in [5.74, 6) is -0.350. The lowest BCUT2D eigenvalue weighted by atomic mass is 10.0. The molecule has 0 aliphatic carbocycles. The zero-order valence-electron chi connectivity index (χ0n) is 14.9. The highest BCUT2D eigenvalue weighted by molar-refractivity contribution is 6.00. The van der Waals surface area contributed by atoms with E-state index in [0.29, 0.717) is 5.56 Å². The Balaban J connectivity index is 2.07. The molecule has 126 valence electrons. The second kappa shape index (κ2) is 7.30. The van der Waals surface area contributed by atoms with Gasteiger partial charge in [-0.2, -0.15) is 0 Å². The number of aryl methyl sites for hydroxylation is 3. The summed E-state index contributed by atoms with van der Waals surface area (Å²) >= 11 is 0. The zero-order chi connectivity index (χ0) is 17.9. The van der Waals surface area contributed by atoms with Gasteiger partial charge < -0.3 is 10.2 Å². The lowest BCUT2D eigenvalue weighted by Crippen LogP contribution is -2.35. The summed E-state index contributed by atoms with van der Waals surface area (Å²) in [6.45, 7) is 7.83. The summed E-state index contributed by atoms with van der Waals surface area (Å²) in [5.41, 5.74) is 5.51. The maximum absolute atomic E-state index is 12.6. The molecule has 1 N–H and O–H groups in total. The Bertz CT molecular complexity index is 781. The SMILES string of the molecule is Cc1ccc(C)c(C(=O)N(C)CC(=O)Nc2cccc(C)c2C)c1. The summed E-state index contributed by atoms with van der Waals surface area (Å²) in [4.78, 5) is 26.3. The molecule has 0 saturated carbocycles. The molecule has 2 aromatic carbocycles. The molecular weight excluding hydrogens is 300 g/mol. The van der Waals surface area contributed by atoms with Crippen LogP contribution in [0.15, 0.2) is 36.4 Å². The Morgan fingerprint density at radius 2 is 1.71 bits per heavy atom. The molecule has 2 rings (SSSR count). The molecule has 24 heavy (non-hydrogen) atoms. The van der Waals surface area contributed by atoms with Gasteiger partial charge in [0.1, 0.15) is 0 Å². The number of nitrogens with zero attached hydrogens (tertiary/aromatic N) is 1. The molecule has 0 spiro atoms. The number of anilines is 1. The van der Waals surface area contributed by atoms with Crippen LogP contribution in [0.3, 0.4) is 0 Å². The summed E-state index contributed by atoms with van der Waals surface area (Å²) in [7, 11) is 1.65. The van der Waals surface area contributed by atoms with E-state index in [1.54, 1.807) is 7.05 Å². The number of amides is 2. The first kappa shape index (κ1) is 17.7. The number of hydrogen-bond donors (Lipinski definition) is 1. The van der Waals surface area contributed by atoms with Gasteiger partial charge in [-0.25, -0.2) is 0 Å². The van der Waals surface area contributed by atoms with E-state index in [4.69, 9.17) is 0 Å². The number of nitrogens with one attached hydrogen (secondary N) is 1. The van der Waals surface area contributed by atoms with Crippen LogP contribution in [0.2, 0.25) is 0 Å². The number of benzene rings is 2. The van der Waals surface area contributed by atoms with Crippen LogP contribution in [-0.4, -0.2) is 30.3 Å². The van der Waals surface area contributed by atoms with E-state index in [0.717, 1.165) is 27.9 Å². The lowest BCUT2D eigenvalue weighted by molar-refractivity contribution is -0.116. The number of hydrogen-bond acceptors (Lipinski definition) is 2. The first-order valence-corrected chi connectivity index (χ1v) is 7.98. The first-order valence-electron chi connectivity index (χ1n) is 7.98. The van der Waals surface area contributed by atoms with Crippen LogP contribution in [0, 0.1) is 27.7 Å². The van der Waals surface area contributed by atoms with Crippen molar-refractivity contribution in [3.8, 4) is 0 Å². The van der Waals surface area contributed by atoms with Crippen molar-refractivity contribution in [1.82, 2.24) is 4.90 Å². The molecule has 0 atom stereocenters. The quantitative estimate of drug-likeness (QED) is 0.933. The lowest BCUT2D eigenvalue weighted by Gasteiger charge is -2.19. The Labute approximate surface area is 143 Å². The summed E-state index contributed by atoms with van der Waals surface area (Å²) in [5, 5.41) is 2.88. The maximum atomic E-state index is 12.6. The fraction of sp³-hybridized carbons (Fsp3) is 0.300. The van der Waals surface area contributed by atoms with E-state index in [1.165, 1.54) is 4.90 Å². The van der Waals surface area contributed by atoms with Crippen molar-refractivity contribution in [2.75, 3.05) is 18.9 Å². The van der Waals surface area contributed by atoms with Gasteiger partial charge in [-0.05, 0) is 56.5 Å². The van der Waals surface area contributed by atoms with Crippen molar-refractivity contribution in [3.05, 3.63) is 64.2 Å². The minimum absolute atomic E-state index is 0.0135. The number of carbonyl (C=O) groups excluding carboxylic acids is 2. The summed E-state index contributed by atoms with van der Waals surface area (Å²) < 4.78 is 0. The van der Waals surface area contributed by atoms with Crippen LogP contribution in [0.4, 0.5) is 5.69 Å². The van der Waals surface area contributed by atoms with Gasteiger partial charge in [0.25, 0.3) is 5.91 Å². The largest absolute Gasteiger partial charge is 0.332 e. The Hall–Kier alpha value is -2.62. The van der Waals surface area contributed by atoms with Crippen molar-refractivity contribution in [2.45, 2.75) is 27.7 Å². The molecule has 0 bridgehead atoms. The zero-order valence-corrected chi connectivity index (χ0v) is 14.9. The molecule has 0 saturated heterocycles. The van der Waals surface area contributed by atoms with E-state index < -0.39 is 0 Å². The van der Waals surface area contributed by atoms with Crippen LogP contribution in [-0.2, 0) is 4.79 Å². The number of carbonyl (C=O) groups is 2. The first-order chi connectivity index (χ1) is 11.3. The average Bonchev–Trinajstić information content (AvgIpc) is 2.53. The van der Waals surface area contributed by atoms with E-state index in [1.807, 2.05) is 64.1 Å². The van der Waals surface area contributed by atoms with Gasteiger partial charge in [0.15, 0.2) is 0 Å². The standard InChI is InChI=1S/C20H24N2O2/c1-13-9-10-15(3)17(11-13)20(24)22(5)12-19(23)21-18-8-6-7-14(2)16(18)4/h6-11H,12H2,1-5H3,(H,21,23). The number of rotatable bonds is 4. The summed E-state index contributed by atoms with van der Waals surface area (Å²) in [6.07, 6.45) is 0. The van der Waals surface area contributed by atoms with E-state index in [2.05, 4.69) is 5.32 Å². The topological polar surface area (TPSA) is 49.4 Å². The normalized spacial score (nSPS) is 10.4. The highest BCUT2D eigenvalue weighted by atomic mass is 16.2. The molecule has 0 unspecified atom stereocenters. The third-order valence-electron chi connectivity index (χ3n) is 4.23. The highest BCUT2D eigenvalue weighted by Crippen LogP contribution is 2.18. The minimum atomic E-state index is -0.204. The predicted octanol–water partition coefficient (Wildman–Crippen LogP) is 3.63. The van der Waals surface area contributed by atoms with Crippen molar-refractivity contribution < 1.29 is 9.59 Å². The van der Waals surface area contributed by atoms with Crippen LogP contribution in [0.1, 0.15) is 32.6 Å². The maximum Gasteiger partial charge on any atom is 0.254 e. The van der Waals surface area contributed by atoms with E-state index >= 15 is 0 Å². The second-order valence-electron chi connectivity index (χ2n) is 6.28. The fourth-order valence-corrected chi connectivity index (χ4v) is 2.54. The Morgan fingerprint density at radius 3 is 2.42 bits per heavy atom. The monoisotopic (exact) mass is 324 g/mol. The third-order valence-corrected chi connectivity index (χ3v) is 4.23. The van der Waals surface area contributed by atoms with Gasteiger partial charge in [-0.3, -0.25) is 9.59 Å². The van der Waals surface area contributed by atoms with Crippen molar-refractivity contribution in [1.29, 1.82) is 0 Å². The number of likely N-dealkylation sites (N-methyl/N-ethyl adjacent to an activating group) is 1. The van der Waals surface area contributed by atoms with Gasteiger partial charge in [-0.1, -0.05) is 29.8 Å². The van der Waals surface area contributed by atoms with Crippen LogP contribution < -0.4 is 5.32 Å². The van der Waals surface area contributed by atoms with Gasteiger partial charge >= 0.3 is 0 Å². The highest BCUT2D eigenvalue weighted by Gasteiger charge is 2.17. The minimum Gasteiger partial charge on any atom is -0.332 e. The van der Waals surface area contributed by atoms with Crippen LogP contribution in [0.5, 0.6) is 0 Å². The molecule has 0 fully saturated rings. The van der Waals surface area contributed by atoms with Crippen molar-refractivity contribution in [3.63, 3.8) is 0 Å². The van der Waals surface area contributed by atoms with Crippen LogP contribution >= 0.6 is 0 Å². The predicted molar refractivity (Wildman–Crippen MR) is 97.4 cm³/mol. The van der Waals surface area contributed by atoms with Crippen molar-refractivity contribution >= 4 is 17.5 Å². The molecular formula is C20H24N2O2. The Kier molecular flexibility index (Phi) is 5.39. The van der Waals surface area contributed by atoms with Crippen molar-refractivity contribution in [2.24, 2.45) is 0 Å². The molecule has 0 aromatic heterocycles. The smallest absolute Gasteiger partial charge is 0.254 e. The summed E-state index contributed by atoms with van der Waals surface area (Å²) in [6, 6.07) is 11.5. The van der Waals surface area contributed by atoms with Gasteiger partial charge in [0, 0.05) is 18.3 Å². The molecule has 0 heterocycles. The molecule has 0 aliphatic heterocycles. The molecule has 4 heteroatoms. The average molecular weight is 324 g/mol. The van der Waals surface area contributed by atoms with Gasteiger partial charge in [0.2, 0.25) is 5.91 Å². The Morgan fingerprint density at radius 1 is 1.00 bits per heavy atom. The second-order valence-corrected chi connectivity index (χ2v) is 6.28. The molecule has 2 amide bonds. The van der Waals surface area contributed by atoms with E-state index in [9.17, 15) is 9.59 Å². The molecule has 4 nitrogen and oxygen atoms in total.